The van der Waals surface area contributed by atoms with Gasteiger partial charge in [-0.2, -0.15) is 0 Å². The van der Waals surface area contributed by atoms with Crippen LogP contribution in [0.25, 0.3) is 0 Å². The smallest absolute Gasteiger partial charge is 0.411 e. The van der Waals surface area contributed by atoms with E-state index < -0.39 is 21.9 Å². The zero-order chi connectivity index (χ0) is 13.8. The van der Waals surface area contributed by atoms with Gasteiger partial charge < -0.3 is 5.21 Å². The molecule has 1 aromatic carbocycles. The van der Waals surface area contributed by atoms with Gasteiger partial charge in [0, 0.05) is 0 Å². The van der Waals surface area contributed by atoms with Crippen LogP contribution in [-0.2, 0) is 0 Å². The van der Waals surface area contributed by atoms with Crippen LogP contribution < -0.4 is 0 Å². The molecule has 0 aliphatic heterocycles. The van der Waals surface area contributed by atoms with Crippen LogP contribution in [0.3, 0.4) is 0 Å². The first-order valence-electron chi connectivity index (χ1n) is 4.97. The molecule has 0 aliphatic carbocycles. The molecule has 0 aromatic heterocycles. The summed E-state index contributed by atoms with van der Waals surface area (Å²) in [6.07, 6.45) is -0.604. The fourth-order valence-electron chi connectivity index (χ4n) is 1.34. The molecular weight excluding hydrogens is 242 g/mol. The molecule has 8 nitrogen and oxygen atoms in total. The molecule has 18 heavy (non-hydrogen) atoms. The second-order valence-electron chi connectivity index (χ2n) is 3.82. The lowest BCUT2D eigenvalue weighted by Gasteiger charge is -2.13. The Morgan fingerprint density at radius 3 is 2.17 bits per heavy atom. The van der Waals surface area contributed by atoms with Gasteiger partial charge >= 0.3 is 5.66 Å². The van der Waals surface area contributed by atoms with Crippen LogP contribution in [0.15, 0.2) is 35.5 Å². The Bertz CT molecular complexity index is 472. The van der Waals surface area contributed by atoms with E-state index in [2.05, 4.69) is 5.16 Å². The molecule has 0 radical (unpaired) electrons. The van der Waals surface area contributed by atoms with Crippen LogP contribution in [-0.4, -0.2) is 26.4 Å². The molecular formula is C10H11N3O5. The Hall–Kier alpha value is -2.51. The highest BCUT2D eigenvalue weighted by Crippen LogP contribution is 2.19. The topological polar surface area (TPSA) is 119 Å². The van der Waals surface area contributed by atoms with Crippen LogP contribution in [0, 0.1) is 20.2 Å². The normalized spacial score (nSPS) is 12.2. The van der Waals surface area contributed by atoms with Crippen LogP contribution >= 0.6 is 0 Å². The first-order chi connectivity index (χ1) is 8.41. The van der Waals surface area contributed by atoms with Crippen molar-refractivity contribution in [3.8, 4) is 0 Å². The summed E-state index contributed by atoms with van der Waals surface area (Å²) in [4.78, 5) is 19.5. The van der Waals surface area contributed by atoms with Crippen molar-refractivity contribution < 1.29 is 15.1 Å². The molecule has 96 valence electrons. The third kappa shape index (κ3) is 2.59. The van der Waals surface area contributed by atoms with E-state index in [4.69, 9.17) is 5.21 Å². The van der Waals surface area contributed by atoms with Crippen LogP contribution in [0.1, 0.15) is 18.9 Å². The van der Waals surface area contributed by atoms with Gasteiger partial charge in [0.2, 0.25) is 0 Å². The fourth-order valence-corrected chi connectivity index (χ4v) is 1.34. The van der Waals surface area contributed by atoms with Gasteiger partial charge in [-0.05, 0) is 5.56 Å². The van der Waals surface area contributed by atoms with Gasteiger partial charge in [-0.1, -0.05) is 35.5 Å². The van der Waals surface area contributed by atoms with E-state index in [1.54, 1.807) is 30.3 Å². The van der Waals surface area contributed by atoms with Gasteiger partial charge in [0.15, 0.2) is 0 Å². The summed E-state index contributed by atoms with van der Waals surface area (Å²) < 4.78 is 0. The molecule has 0 unspecified atom stereocenters. The average Bonchev–Trinajstić information content (AvgIpc) is 2.36. The predicted octanol–water partition coefficient (Wildman–Crippen LogP) is 1.52. The summed E-state index contributed by atoms with van der Waals surface area (Å²) in [6.45, 7) is 0.876. The molecule has 0 fully saturated rings. The van der Waals surface area contributed by atoms with Gasteiger partial charge in [0.25, 0.3) is 0 Å². The summed E-state index contributed by atoms with van der Waals surface area (Å²) in [5, 5.41) is 33.3. The van der Waals surface area contributed by atoms with Gasteiger partial charge in [-0.25, -0.2) is 0 Å². The molecule has 0 saturated heterocycles. The first kappa shape index (κ1) is 13.6. The third-order valence-corrected chi connectivity index (χ3v) is 2.52. The quantitative estimate of drug-likeness (QED) is 0.280. The molecule has 1 aromatic rings. The van der Waals surface area contributed by atoms with Crippen LogP contribution in [0.5, 0.6) is 0 Å². The average molecular weight is 253 g/mol. The Kier molecular flexibility index (Phi) is 3.93. The molecule has 0 bridgehead atoms. The number of oxime groups is 1. The number of rotatable bonds is 5. The Morgan fingerprint density at radius 2 is 1.78 bits per heavy atom. The van der Waals surface area contributed by atoms with E-state index in [1.165, 1.54) is 0 Å². The number of benzene rings is 1. The van der Waals surface area contributed by atoms with Crippen molar-refractivity contribution in [1.29, 1.82) is 0 Å². The van der Waals surface area contributed by atoms with Gasteiger partial charge in [-0.3, -0.25) is 20.2 Å². The Morgan fingerprint density at radius 1 is 1.28 bits per heavy atom. The second-order valence-corrected chi connectivity index (χ2v) is 3.82. The fraction of sp³-hybridized carbons (Fsp3) is 0.300. The molecule has 0 atom stereocenters. The molecule has 0 amide bonds. The minimum absolute atomic E-state index is 0.105. The zero-order valence-electron chi connectivity index (χ0n) is 9.52. The summed E-state index contributed by atoms with van der Waals surface area (Å²) in [5.41, 5.74) is -2.13. The van der Waals surface area contributed by atoms with Crippen molar-refractivity contribution in [2.75, 3.05) is 0 Å². The molecule has 0 spiro atoms. The lowest BCUT2D eigenvalue weighted by molar-refractivity contribution is -0.790. The number of hydrogen-bond acceptors (Lipinski definition) is 6. The molecule has 1 N–H and O–H groups in total. The third-order valence-electron chi connectivity index (χ3n) is 2.52. The Balaban J connectivity index is 3.08. The molecule has 0 heterocycles. The highest BCUT2D eigenvalue weighted by Gasteiger charge is 2.51. The minimum Gasteiger partial charge on any atom is -0.411 e. The maximum atomic E-state index is 10.8. The van der Waals surface area contributed by atoms with Crippen LogP contribution in [0.4, 0.5) is 0 Å². The molecule has 1 rings (SSSR count). The monoisotopic (exact) mass is 253 g/mol. The first-order valence-corrected chi connectivity index (χ1v) is 4.97. The minimum atomic E-state index is -2.42. The van der Waals surface area contributed by atoms with Gasteiger partial charge in [0.1, 0.15) is 12.1 Å². The van der Waals surface area contributed by atoms with E-state index in [0.29, 0.717) is 5.56 Å². The maximum absolute atomic E-state index is 10.8. The lowest BCUT2D eigenvalue weighted by atomic mass is 10.00. The zero-order valence-corrected chi connectivity index (χ0v) is 9.52. The molecule has 0 aliphatic rings. The van der Waals surface area contributed by atoms with Crippen molar-refractivity contribution in [3.05, 3.63) is 56.1 Å². The summed E-state index contributed by atoms with van der Waals surface area (Å²) in [6, 6.07) is 8.08. The van der Waals surface area contributed by atoms with E-state index in [1.807, 2.05) is 0 Å². The van der Waals surface area contributed by atoms with Crippen molar-refractivity contribution in [1.82, 2.24) is 0 Å². The highest BCUT2D eigenvalue weighted by atomic mass is 16.7. The maximum Gasteiger partial charge on any atom is 0.461 e. The van der Waals surface area contributed by atoms with Gasteiger partial charge in [-0.15, -0.1) is 0 Å². The van der Waals surface area contributed by atoms with Gasteiger partial charge in [0.05, 0.1) is 16.8 Å². The van der Waals surface area contributed by atoms with Crippen molar-refractivity contribution in [2.24, 2.45) is 5.16 Å². The van der Waals surface area contributed by atoms with E-state index in [-0.39, 0.29) is 5.71 Å². The van der Waals surface area contributed by atoms with Crippen molar-refractivity contribution >= 4 is 5.71 Å². The Labute approximate surface area is 102 Å². The number of nitro groups is 2. The summed E-state index contributed by atoms with van der Waals surface area (Å²) in [7, 11) is 0. The largest absolute Gasteiger partial charge is 0.461 e. The van der Waals surface area contributed by atoms with Crippen molar-refractivity contribution in [3.63, 3.8) is 0 Å². The SMILES string of the molecule is CC(CC(=NO)c1ccccc1)([N+](=O)[O-])[N+](=O)[O-]. The van der Waals surface area contributed by atoms with Crippen LogP contribution in [0.2, 0.25) is 0 Å². The van der Waals surface area contributed by atoms with E-state index in [0.717, 1.165) is 6.92 Å². The van der Waals surface area contributed by atoms with E-state index >= 15 is 0 Å². The summed E-state index contributed by atoms with van der Waals surface area (Å²) in [5.74, 6) is 0. The number of nitrogens with zero attached hydrogens (tertiary/aromatic N) is 3. The number of hydrogen-bond donors (Lipinski definition) is 1. The summed E-state index contributed by atoms with van der Waals surface area (Å²) >= 11 is 0. The molecule has 8 heteroatoms. The predicted molar refractivity (Wildman–Crippen MR) is 61.8 cm³/mol. The standard InChI is InChI=1S/C10H11N3O5/c1-10(12(15)16,13(17)18)7-9(11-14)8-5-3-2-4-6-8/h2-6,14H,7H2,1H3. The highest BCUT2D eigenvalue weighted by molar-refractivity contribution is 6.00. The van der Waals surface area contributed by atoms with Crippen molar-refractivity contribution in [2.45, 2.75) is 19.0 Å². The molecule has 0 saturated carbocycles. The van der Waals surface area contributed by atoms with E-state index in [9.17, 15) is 20.2 Å². The second kappa shape index (κ2) is 5.21. The lowest BCUT2D eigenvalue weighted by Crippen LogP contribution is -2.45.